The van der Waals surface area contributed by atoms with Gasteiger partial charge in [0.15, 0.2) is 0 Å². The highest BCUT2D eigenvalue weighted by molar-refractivity contribution is 7.91. The summed E-state index contributed by atoms with van der Waals surface area (Å²) in [7, 11) is -2.44. The zero-order valence-electron chi connectivity index (χ0n) is 33.2. The monoisotopic (exact) mass is 863 g/mol. The quantitative estimate of drug-likeness (QED) is 0.120. The Morgan fingerprint density at radius 2 is 1.77 bits per heavy atom. The number of carbonyl (C=O) groups excluding carboxylic acids is 3. The maximum absolute atomic E-state index is 14.8. The van der Waals surface area contributed by atoms with E-state index in [9.17, 15) is 40.4 Å². The molecule has 3 fully saturated rings. The molecule has 0 bridgehead atoms. The first-order chi connectivity index (χ1) is 29.1. The smallest absolute Gasteiger partial charge is 0.419 e. The standard InChI is InChI=1S/C44H45F4N5O7S/c1-59-29-15-18-32-37(21-29)50-36(26-10-6-5-7-11-26)23-39(32)60-30-22-38-40(54)51-43(42(56)52-61(57,58)31-16-17-31)24-27(43)12-8-3-2-4-9-13-35(41(55)53(38)25-30)49-28-14-19-34(45)33(20-28)44(46,47)48/h5-8,10-12,14-15,18-21,23,27,30-31,35,38,49H,2-4,9,13,16-17,22,24-25H2,1H3,(H,51,54)(H,52,56)/b12-8-/t27-,30+,35-,38-,43+/m0/s1. The Labute approximate surface area is 350 Å². The first kappa shape index (κ1) is 42.0. The van der Waals surface area contributed by atoms with Crippen molar-refractivity contribution in [3.63, 3.8) is 0 Å². The normalized spacial score (nSPS) is 25.3. The van der Waals surface area contributed by atoms with Crippen LogP contribution in [-0.2, 0) is 30.6 Å². The van der Waals surface area contributed by atoms with E-state index in [4.69, 9.17) is 14.5 Å². The van der Waals surface area contributed by atoms with Gasteiger partial charge in [0.1, 0.15) is 41.0 Å². The summed E-state index contributed by atoms with van der Waals surface area (Å²) in [6.45, 7) is -0.133. The molecule has 3 aromatic carbocycles. The van der Waals surface area contributed by atoms with Gasteiger partial charge < -0.3 is 25.0 Å². The average Bonchev–Trinajstić information content (AvgIpc) is 4.16. The summed E-state index contributed by atoms with van der Waals surface area (Å²) in [5.74, 6) is -3.22. The number of hydrogen-bond acceptors (Lipinski definition) is 9. The number of sulfonamides is 1. The molecule has 2 aliphatic heterocycles. The van der Waals surface area contributed by atoms with Crippen LogP contribution in [0, 0.1) is 11.7 Å². The van der Waals surface area contributed by atoms with Gasteiger partial charge in [0.05, 0.1) is 35.7 Å². The zero-order chi connectivity index (χ0) is 43.1. The lowest BCUT2D eigenvalue weighted by Crippen LogP contribution is -2.57. The minimum Gasteiger partial charge on any atom is -0.497 e. The highest BCUT2D eigenvalue weighted by atomic mass is 32.2. The second-order valence-corrected chi connectivity index (χ2v) is 18.1. The van der Waals surface area contributed by atoms with E-state index < -0.39 is 80.2 Å². The molecule has 3 amide bonds. The number of amides is 3. The molecule has 2 aliphatic carbocycles. The number of alkyl halides is 3. The molecule has 2 saturated carbocycles. The molecule has 3 heterocycles. The van der Waals surface area contributed by atoms with Crippen molar-refractivity contribution in [2.75, 3.05) is 19.0 Å². The molecule has 8 rings (SSSR count). The van der Waals surface area contributed by atoms with Gasteiger partial charge in [0.25, 0.3) is 5.91 Å². The van der Waals surface area contributed by atoms with Crippen molar-refractivity contribution >= 4 is 44.3 Å². The highest BCUT2D eigenvalue weighted by Gasteiger charge is 2.62. The van der Waals surface area contributed by atoms with Gasteiger partial charge in [-0.05, 0) is 68.9 Å². The van der Waals surface area contributed by atoms with E-state index in [0.29, 0.717) is 78.8 Å². The van der Waals surface area contributed by atoms with Crippen LogP contribution in [0.4, 0.5) is 23.2 Å². The molecule has 0 spiro atoms. The Morgan fingerprint density at radius 3 is 2.51 bits per heavy atom. The number of anilines is 1. The number of hydrogen-bond donors (Lipinski definition) is 3. The van der Waals surface area contributed by atoms with Crippen molar-refractivity contribution in [2.24, 2.45) is 5.92 Å². The van der Waals surface area contributed by atoms with Gasteiger partial charge >= 0.3 is 6.18 Å². The first-order valence-corrected chi connectivity index (χ1v) is 21.9. The fraction of sp³-hybridized carbons (Fsp3) is 0.409. The summed E-state index contributed by atoms with van der Waals surface area (Å²) in [6.07, 6.45) is 1.36. The number of aromatic nitrogens is 1. The number of carbonyl (C=O) groups is 3. The summed E-state index contributed by atoms with van der Waals surface area (Å²) in [6, 6.07) is 16.5. The van der Waals surface area contributed by atoms with Crippen LogP contribution in [0.2, 0.25) is 0 Å². The molecule has 4 aromatic rings. The van der Waals surface area contributed by atoms with Gasteiger partial charge in [-0.3, -0.25) is 19.1 Å². The third-order valence-corrected chi connectivity index (χ3v) is 13.6. The van der Waals surface area contributed by atoms with Crippen molar-refractivity contribution in [3.8, 4) is 22.8 Å². The minimum absolute atomic E-state index is 0.0573. The number of nitrogens with zero attached hydrogens (tertiary/aromatic N) is 2. The van der Waals surface area contributed by atoms with Crippen LogP contribution in [0.25, 0.3) is 22.2 Å². The van der Waals surface area contributed by atoms with Crippen molar-refractivity contribution in [3.05, 3.63) is 96.3 Å². The lowest BCUT2D eigenvalue weighted by molar-refractivity contribution is -0.140. The SMILES string of the molecule is COc1ccc2c(O[C@@H]3C[C@H]4C(=O)N[C@]5(C(=O)NS(=O)(=O)C6CC6)C[C@@H]5/C=C\CCCCC[C@H](Nc5ccc(F)c(C(F)(F)F)c5)C(=O)N4C3)cc(-c3ccccc3)nc2c1. The van der Waals surface area contributed by atoms with Gasteiger partial charge in [-0.15, -0.1) is 0 Å². The average molecular weight is 864 g/mol. The molecule has 12 nitrogen and oxygen atoms in total. The van der Waals surface area contributed by atoms with Gasteiger partial charge in [0.2, 0.25) is 21.8 Å². The predicted octanol–water partition coefficient (Wildman–Crippen LogP) is 6.90. The maximum atomic E-state index is 14.8. The summed E-state index contributed by atoms with van der Waals surface area (Å²) in [4.78, 5) is 49.4. The van der Waals surface area contributed by atoms with E-state index >= 15 is 0 Å². The van der Waals surface area contributed by atoms with Crippen LogP contribution >= 0.6 is 0 Å². The van der Waals surface area contributed by atoms with Gasteiger partial charge in [0, 0.05) is 41.1 Å². The number of ether oxygens (including phenoxy) is 2. The number of fused-ring (bicyclic) bond motifs is 3. The molecule has 3 N–H and O–H groups in total. The van der Waals surface area contributed by atoms with E-state index in [0.717, 1.165) is 11.6 Å². The Kier molecular flexibility index (Phi) is 11.4. The lowest BCUT2D eigenvalue weighted by Gasteiger charge is -2.30. The van der Waals surface area contributed by atoms with E-state index in [1.807, 2.05) is 36.4 Å². The van der Waals surface area contributed by atoms with Crippen LogP contribution in [0.5, 0.6) is 11.5 Å². The molecular weight excluding hydrogens is 819 g/mol. The molecule has 0 unspecified atom stereocenters. The number of allylic oxidation sites excluding steroid dienone is 1. The van der Waals surface area contributed by atoms with Gasteiger partial charge in [-0.25, -0.2) is 17.8 Å². The lowest BCUT2D eigenvalue weighted by atomic mass is 10.0. The third-order valence-electron chi connectivity index (χ3n) is 11.8. The summed E-state index contributed by atoms with van der Waals surface area (Å²) < 4.78 is 95.8. The Hall–Kier alpha value is -5.71. The van der Waals surface area contributed by atoms with Gasteiger partial charge in [-0.1, -0.05) is 55.3 Å². The summed E-state index contributed by atoms with van der Waals surface area (Å²) >= 11 is 0. The number of rotatable bonds is 9. The second kappa shape index (κ2) is 16.6. The fourth-order valence-electron chi connectivity index (χ4n) is 8.22. The molecular formula is C44H45F4N5O7S. The molecule has 1 aromatic heterocycles. The van der Waals surface area contributed by atoms with Crippen molar-refractivity contribution in [1.82, 2.24) is 19.9 Å². The van der Waals surface area contributed by atoms with Crippen LogP contribution in [0.1, 0.15) is 63.4 Å². The number of nitrogens with one attached hydrogen (secondary N) is 3. The van der Waals surface area contributed by atoms with Crippen LogP contribution in [0.3, 0.4) is 0 Å². The van der Waals surface area contributed by atoms with Crippen LogP contribution < -0.4 is 24.8 Å². The molecule has 1 saturated heterocycles. The number of halogens is 4. The van der Waals surface area contributed by atoms with Crippen molar-refractivity contribution < 1.29 is 49.8 Å². The third kappa shape index (κ3) is 9.02. The zero-order valence-corrected chi connectivity index (χ0v) is 34.0. The Bertz CT molecular complexity index is 2480. The minimum atomic E-state index is -4.99. The number of pyridine rings is 1. The van der Waals surface area contributed by atoms with E-state index in [1.54, 1.807) is 30.3 Å². The Balaban J connectivity index is 1.15. The molecule has 0 radical (unpaired) electrons. The van der Waals surface area contributed by atoms with E-state index in [2.05, 4.69) is 15.4 Å². The van der Waals surface area contributed by atoms with Gasteiger partial charge in [-0.2, -0.15) is 13.2 Å². The topological polar surface area (TPSA) is 156 Å². The molecule has 4 aliphatic rings. The predicted molar refractivity (Wildman–Crippen MR) is 218 cm³/mol. The first-order valence-electron chi connectivity index (χ1n) is 20.3. The Morgan fingerprint density at radius 1 is 0.984 bits per heavy atom. The summed E-state index contributed by atoms with van der Waals surface area (Å²) in [5, 5.41) is 5.67. The highest BCUT2D eigenvalue weighted by Crippen LogP contribution is 2.46. The molecule has 17 heteroatoms. The number of benzene rings is 3. The number of methoxy groups -OCH3 is 1. The molecule has 322 valence electrons. The largest absolute Gasteiger partial charge is 0.497 e. The summed E-state index contributed by atoms with van der Waals surface area (Å²) in [5.41, 5.74) is -1.30. The molecule has 61 heavy (non-hydrogen) atoms. The van der Waals surface area contributed by atoms with Crippen LogP contribution in [0.15, 0.2) is 84.9 Å². The molecule has 5 atom stereocenters. The van der Waals surface area contributed by atoms with E-state index in [1.165, 1.54) is 12.0 Å². The van der Waals surface area contributed by atoms with Crippen molar-refractivity contribution in [1.29, 1.82) is 0 Å². The second-order valence-electron chi connectivity index (χ2n) is 16.1. The van der Waals surface area contributed by atoms with Crippen LogP contribution in [-0.4, -0.2) is 78.7 Å². The fourth-order valence-corrected chi connectivity index (χ4v) is 9.58. The van der Waals surface area contributed by atoms with E-state index in [-0.39, 0.29) is 31.5 Å². The maximum Gasteiger partial charge on any atom is 0.419 e. The van der Waals surface area contributed by atoms with Crippen molar-refractivity contribution in [2.45, 2.75) is 92.9 Å².